The van der Waals surface area contributed by atoms with E-state index in [1.165, 1.54) is 22.3 Å². The molecule has 2 aliphatic rings. The van der Waals surface area contributed by atoms with Crippen LogP contribution in [-0.2, 0) is 5.41 Å². The van der Waals surface area contributed by atoms with E-state index in [9.17, 15) is 0 Å². The van der Waals surface area contributed by atoms with Crippen LogP contribution < -0.4 is 4.74 Å². The minimum absolute atomic E-state index is 0.454. The Bertz CT molecular complexity index is 1230. The molecule has 0 fully saturated rings. The maximum atomic E-state index is 6.54. The van der Waals surface area contributed by atoms with Crippen LogP contribution in [0.25, 0.3) is 11.1 Å². The molecule has 6 rings (SSSR count). The second kappa shape index (κ2) is 5.73. The van der Waals surface area contributed by atoms with Crippen molar-refractivity contribution >= 4 is 27.5 Å². The molecule has 1 aliphatic carbocycles. The predicted molar refractivity (Wildman–Crippen MR) is 117 cm³/mol. The lowest BCUT2D eigenvalue weighted by molar-refractivity contribution is 0.433. The normalized spacial score (nSPS) is 14.6. The van der Waals surface area contributed by atoms with Crippen LogP contribution in [0.3, 0.4) is 0 Å². The van der Waals surface area contributed by atoms with E-state index in [2.05, 4.69) is 82.7 Å². The number of hydrogen-bond acceptors (Lipinski definition) is 1. The van der Waals surface area contributed by atoms with Gasteiger partial charge in [-0.25, -0.2) is 0 Å². The van der Waals surface area contributed by atoms with Gasteiger partial charge in [-0.1, -0.05) is 78.3 Å². The maximum absolute atomic E-state index is 6.54. The summed E-state index contributed by atoms with van der Waals surface area (Å²) in [6.45, 7) is 0. The molecule has 0 saturated heterocycles. The number of hydrogen-bond donors (Lipinski definition) is 0. The summed E-state index contributed by atoms with van der Waals surface area (Å²) in [6, 6.07) is 29.6. The van der Waals surface area contributed by atoms with E-state index >= 15 is 0 Å². The van der Waals surface area contributed by atoms with Gasteiger partial charge >= 0.3 is 0 Å². The summed E-state index contributed by atoms with van der Waals surface area (Å²) in [5.74, 6) is 1.71. The number of halogens is 2. The second-order valence-corrected chi connectivity index (χ2v) is 8.49. The number of ether oxygens (including phenoxy) is 1. The molecule has 0 N–H and O–H groups in total. The molecule has 0 aromatic heterocycles. The van der Waals surface area contributed by atoms with E-state index in [-0.39, 0.29) is 0 Å². The monoisotopic (exact) mass is 444 g/mol. The first-order valence-electron chi connectivity index (χ1n) is 9.17. The third-order valence-electron chi connectivity index (χ3n) is 5.87. The van der Waals surface area contributed by atoms with Crippen molar-refractivity contribution in [3.8, 4) is 22.6 Å². The number of benzene rings is 4. The Morgan fingerprint density at radius 2 is 1.25 bits per heavy atom. The fourth-order valence-electron chi connectivity index (χ4n) is 4.88. The molecule has 1 nitrogen and oxygen atoms in total. The minimum Gasteiger partial charge on any atom is -0.455 e. The highest BCUT2D eigenvalue weighted by Gasteiger charge is 2.51. The fraction of sp³-hybridized carbons (Fsp3) is 0.0400. The summed E-state index contributed by atoms with van der Waals surface area (Å²) >= 11 is 10.2. The standard InChI is InChI=1S/C25H14BrClO/c26-22-14-15(27)13-21-24(22)28-23-12-6-5-11-20(23)25(21)18-9-3-1-7-16(18)17-8-2-4-10-19(17)25/h1-14H. The van der Waals surface area contributed by atoms with Crippen LogP contribution in [0, 0.1) is 0 Å². The highest BCUT2D eigenvalue weighted by atomic mass is 79.9. The van der Waals surface area contributed by atoms with E-state index in [1.54, 1.807) is 0 Å². The van der Waals surface area contributed by atoms with Crippen LogP contribution in [0.5, 0.6) is 11.5 Å². The van der Waals surface area contributed by atoms with E-state index in [0.717, 1.165) is 27.1 Å². The molecule has 1 heterocycles. The topological polar surface area (TPSA) is 9.23 Å². The molecule has 4 aromatic carbocycles. The lowest BCUT2D eigenvalue weighted by Crippen LogP contribution is -2.32. The number of para-hydroxylation sites is 1. The number of rotatable bonds is 0. The van der Waals surface area contributed by atoms with Gasteiger partial charge in [-0.3, -0.25) is 0 Å². The lowest BCUT2D eigenvalue weighted by Gasteiger charge is -2.39. The minimum atomic E-state index is -0.454. The molecule has 0 atom stereocenters. The summed E-state index contributed by atoms with van der Waals surface area (Å²) in [5.41, 5.74) is 6.82. The molecule has 0 amide bonds. The Hall–Kier alpha value is -2.55. The molecule has 0 bridgehead atoms. The Kier molecular flexibility index (Phi) is 3.36. The molecular formula is C25H14BrClO. The molecule has 0 unspecified atom stereocenters. The molecule has 1 aliphatic heterocycles. The second-order valence-electron chi connectivity index (χ2n) is 7.20. The largest absolute Gasteiger partial charge is 0.455 e. The van der Waals surface area contributed by atoms with Crippen molar-refractivity contribution in [1.82, 2.24) is 0 Å². The quantitative estimate of drug-likeness (QED) is 0.234. The molecule has 1 spiro atoms. The smallest absolute Gasteiger partial charge is 0.146 e. The van der Waals surface area contributed by atoms with Crippen LogP contribution >= 0.6 is 27.5 Å². The van der Waals surface area contributed by atoms with Crippen LogP contribution in [0.2, 0.25) is 5.02 Å². The van der Waals surface area contributed by atoms with Gasteiger partial charge in [0.1, 0.15) is 11.5 Å². The maximum Gasteiger partial charge on any atom is 0.146 e. The summed E-state index contributed by atoms with van der Waals surface area (Å²) in [6.07, 6.45) is 0. The van der Waals surface area contributed by atoms with Crippen LogP contribution in [-0.4, -0.2) is 0 Å². The first kappa shape index (κ1) is 16.4. The highest BCUT2D eigenvalue weighted by Crippen LogP contribution is 2.63. The third kappa shape index (κ3) is 1.92. The summed E-state index contributed by atoms with van der Waals surface area (Å²) in [5, 5.41) is 0.690. The zero-order valence-corrected chi connectivity index (χ0v) is 17.1. The Morgan fingerprint density at radius 1 is 0.679 bits per heavy atom. The summed E-state index contributed by atoms with van der Waals surface area (Å²) in [4.78, 5) is 0. The lowest BCUT2D eigenvalue weighted by atomic mass is 9.66. The van der Waals surface area contributed by atoms with Gasteiger partial charge in [0.25, 0.3) is 0 Å². The van der Waals surface area contributed by atoms with Crippen LogP contribution in [0.15, 0.2) is 89.4 Å². The molecular weight excluding hydrogens is 432 g/mol. The van der Waals surface area contributed by atoms with Crippen LogP contribution in [0.1, 0.15) is 22.3 Å². The van der Waals surface area contributed by atoms with E-state index in [4.69, 9.17) is 16.3 Å². The summed E-state index contributed by atoms with van der Waals surface area (Å²) in [7, 11) is 0. The number of fused-ring (bicyclic) bond motifs is 9. The zero-order chi connectivity index (χ0) is 18.9. The molecule has 4 aromatic rings. The van der Waals surface area contributed by atoms with Gasteiger partial charge in [-0.2, -0.15) is 0 Å². The van der Waals surface area contributed by atoms with Crippen molar-refractivity contribution in [3.05, 3.63) is 117 Å². The van der Waals surface area contributed by atoms with Crippen molar-refractivity contribution in [2.75, 3.05) is 0 Å². The van der Waals surface area contributed by atoms with E-state index < -0.39 is 5.41 Å². The predicted octanol–water partition coefficient (Wildman–Crippen LogP) is 7.57. The highest BCUT2D eigenvalue weighted by molar-refractivity contribution is 9.10. The molecule has 0 saturated carbocycles. The van der Waals surface area contributed by atoms with Crippen molar-refractivity contribution in [3.63, 3.8) is 0 Å². The molecule has 134 valence electrons. The SMILES string of the molecule is Clc1cc(Br)c2c(c1)C1(c3ccccc3O2)c2ccccc2-c2ccccc21. The zero-order valence-electron chi connectivity index (χ0n) is 14.7. The van der Waals surface area contributed by atoms with Crippen LogP contribution in [0.4, 0.5) is 0 Å². The average Bonchev–Trinajstić information content (AvgIpc) is 3.01. The molecule has 0 radical (unpaired) electrons. The van der Waals surface area contributed by atoms with Gasteiger partial charge in [0, 0.05) is 16.1 Å². The average molecular weight is 446 g/mol. The molecule has 28 heavy (non-hydrogen) atoms. The Balaban J connectivity index is 1.87. The fourth-order valence-corrected chi connectivity index (χ4v) is 5.77. The van der Waals surface area contributed by atoms with Gasteiger partial charge in [-0.15, -0.1) is 0 Å². The van der Waals surface area contributed by atoms with Crippen molar-refractivity contribution in [2.45, 2.75) is 5.41 Å². The van der Waals surface area contributed by atoms with Gasteiger partial charge in [0.15, 0.2) is 0 Å². The Labute approximate surface area is 176 Å². The van der Waals surface area contributed by atoms with Crippen molar-refractivity contribution in [1.29, 1.82) is 0 Å². The molecule has 3 heteroatoms. The van der Waals surface area contributed by atoms with Crippen molar-refractivity contribution in [2.24, 2.45) is 0 Å². The first-order valence-corrected chi connectivity index (χ1v) is 10.3. The summed E-state index contributed by atoms with van der Waals surface area (Å²) < 4.78 is 7.24. The Morgan fingerprint density at radius 3 is 1.93 bits per heavy atom. The van der Waals surface area contributed by atoms with Gasteiger partial charge in [0.05, 0.1) is 9.89 Å². The first-order chi connectivity index (χ1) is 13.7. The van der Waals surface area contributed by atoms with Gasteiger partial charge in [-0.05, 0) is 56.4 Å². The van der Waals surface area contributed by atoms with Gasteiger partial charge in [0.2, 0.25) is 0 Å². The third-order valence-corrected chi connectivity index (χ3v) is 6.68. The van der Waals surface area contributed by atoms with E-state index in [0.29, 0.717) is 5.02 Å². The van der Waals surface area contributed by atoms with E-state index in [1.807, 2.05) is 18.2 Å². The van der Waals surface area contributed by atoms with Gasteiger partial charge < -0.3 is 4.74 Å². The van der Waals surface area contributed by atoms with Crippen molar-refractivity contribution < 1.29 is 4.74 Å².